The molecule has 0 bridgehead atoms. The molecule has 1 aromatic rings. The van der Waals surface area contributed by atoms with Gasteiger partial charge >= 0.3 is 0 Å². The number of sulfone groups is 1. The van der Waals surface area contributed by atoms with Gasteiger partial charge in [-0.3, -0.25) is 9.78 Å². The minimum Gasteiger partial charge on any atom is -0.352 e. The number of amides is 1. The van der Waals surface area contributed by atoms with E-state index < -0.39 is 9.84 Å². The largest absolute Gasteiger partial charge is 0.352 e. The predicted molar refractivity (Wildman–Crippen MR) is 72.6 cm³/mol. The van der Waals surface area contributed by atoms with Gasteiger partial charge in [0, 0.05) is 18.9 Å². The van der Waals surface area contributed by atoms with E-state index in [1.54, 1.807) is 18.3 Å². The fourth-order valence-corrected chi connectivity index (χ4v) is 4.20. The summed E-state index contributed by atoms with van der Waals surface area (Å²) < 4.78 is 22.6. The topological polar surface area (TPSA) is 76.1 Å². The Labute approximate surface area is 113 Å². The number of carbonyl (C=O) groups is 1. The highest BCUT2D eigenvalue weighted by Crippen LogP contribution is 2.22. The third-order valence-electron chi connectivity index (χ3n) is 3.33. The van der Waals surface area contributed by atoms with E-state index in [-0.39, 0.29) is 11.8 Å². The number of hydrogen-bond acceptors (Lipinski definition) is 4. The van der Waals surface area contributed by atoms with Gasteiger partial charge in [0.05, 0.1) is 17.1 Å². The zero-order valence-corrected chi connectivity index (χ0v) is 11.5. The molecule has 1 amide bonds. The molecule has 0 aromatic carbocycles. The minimum atomic E-state index is -2.79. The van der Waals surface area contributed by atoms with E-state index >= 15 is 0 Å². The van der Waals surface area contributed by atoms with Gasteiger partial charge in [-0.15, -0.1) is 0 Å². The minimum absolute atomic E-state index is 0.132. The van der Waals surface area contributed by atoms with Gasteiger partial charge in [-0.1, -0.05) is 0 Å². The van der Waals surface area contributed by atoms with Crippen molar-refractivity contribution in [1.82, 2.24) is 10.3 Å². The molecule has 1 aliphatic heterocycles. The van der Waals surface area contributed by atoms with Crippen LogP contribution in [0.1, 0.15) is 29.6 Å². The lowest BCUT2D eigenvalue weighted by atomic mass is 10.0. The molecule has 104 valence electrons. The average Bonchev–Trinajstić information content (AvgIpc) is 2.75. The molecule has 0 radical (unpaired) electrons. The molecule has 1 unspecified atom stereocenters. The second-order valence-electron chi connectivity index (χ2n) is 4.91. The van der Waals surface area contributed by atoms with Crippen molar-refractivity contribution in [2.24, 2.45) is 5.92 Å². The molecule has 0 saturated carbocycles. The molecule has 6 heteroatoms. The molecule has 0 spiro atoms. The van der Waals surface area contributed by atoms with Gasteiger partial charge in [0.2, 0.25) is 0 Å². The molecule has 1 fully saturated rings. The van der Waals surface area contributed by atoms with Crippen LogP contribution >= 0.6 is 0 Å². The van der Waals surface area contributed by atoms with Crippen molar-refractivity contribution in [2.75, 3.05) is 18.1 Å². The number of carbonyl (C=O) groups excluding carboxylic acids is 1. The molecule has 1 N–H and O–H groups in total. The summed E-state index contributed by atoms with van der Waals surface area (Å²) in [6.07, 6.45) is 5.58. The molecule has 1 saturated heterocycles. The summed E-state index contributed by atoms with van der Waals surface area (Å²) in [4.78, 5) is 15.6. The fourth-order valence-electron chi connectivity index (χ4n) is 2.29. The van der Waals surface area contributed by atoms with Crippen molar-refractivity contribution < 1.29 is 13.2 Å². The van der Waals surface area contributed by atoms with Crippen molar-refractivity contribution >= 4 is 15.7 Å². The summed E-state index contributed by atoms with van der Waals surface area (Å²) in [6.45, 7) is 0.574. The van der Waals surface area contributed by atoms with Crippen molar-refractivity contribution in [1.29, 1.82) is 0 Å². The first-order valence-corrected chi connectivity index (χ1v) is 8.27. The predicted octanol–water partition coefficient (Wildman–Crippen LogP) is 1.03. The summed E-state index contributed by atoms with van der Waals surface area (Å²) in [5, 5.41) is 2.82. The zero-order chi connectivity index (χ0) is 13.7. The number of nitrogens with zero attached hydrogens (tertiary/aromatic N) is 1. The van der Waals surface area contributed by atoms with E-state index in [9.17, 15) is 13.2 Å². The second-order valence-corrected chi connectivity index (χ2v) is 7.14. The maximum Gasteiger partial charge on any atom is 0.252 e. The van der Waals surface area contributed by atoms with E-state index in [1.807, 2.05) is 0 Å². The first-order valence-electron chi connectivity index (χ1n) is 6.45. The molecule has 0 aliphatic carbocycles. The first-order chi connectivity index (χ1) is 9.07. The number of hydrogen-bond donors (Lipinski definition) is 1. The van der Waals surface area contributed by atoms with Crippen LogP contribution in [0.3, 0.4) is 0 Å². The van der Waals surface area contributed by atoms with E-state index in [0.29, 0.717) is 23.6 Å². The SMILES string of the molecule is O=C(NCCCC1CCS(=O)(=O)C1)c1cccnc1. The first kappa shape index (κ1) is 14.0. The smallest absolute Gasteiger partial charge is 0.252 e. The molecule has 2 rings (SSSR count). The lowest BCUT2D eigenvalue weighted by Gasteiger charge is -2.08. The molecule has 2 heterocycles. The summed E-state index contributed by atoms with van der Waals surface area (Å²) >= 11 is 0. The highest BCUT2D eigenvalue weighted by molar-refractivity contribution is 7.91. The van der Waals surface area contributed by atoms with Gasteiger partial charge in [0.1, 0.15) is 0 Å². The molecule has 19 heavy (non-hydrogen) atoms. The van der Waals surface area contributed by atoms with Crippen molar-refractivity contribution in [3.63, 3.8) is 0 Å². The Morgan fingerprint density at radius 3 is 2.95 bits per heavy atom. The van der Waals surface area contributed by atoms with Crippen LogP contribution in [0.2, 0.25) is 0 Å². The Morgan fingerprint density at radius 2 is 2.32 bits per heavy atom. The monoisotopic (exact) mass is 282 g/mol. The van der Waals surface area contributed by atoms with Crippen LogP contribution in [0.5, 0.6) is 0 Å². The number of rotatable bonds is 5. The van der Waals surface area contributed by atoms with Gasteiger partial charge in [-0.25, -0.2) is 8.42 Å². The zero-order valence-electron chi connectivity index (χ0n) is 10.7. The molecule has 1 aromatic heterocycles. The van der Waals surface area contributed by atoms with Crippen molar-refractivity contribution in [3.05, 3.63) is 30.1 Å². The van der Waals surface area contributed by atoms with Crippen LogP contribution in [-0.4, -0.2) is 37.4 Å². The normalized spacial score (nSPS) is 21.2. The third kappa shape index (κ3) is 4.31. The Kier molecular flexibility index (Phi) is 4.52. The Bertz CT molecular complexity index is 528. The van der Waals surface area contributed by atoms with Gasteiger partial charge in [0.15, 0.2) is 9.84 Å². The summed E-state index contributed by atoms with van der Waals surface area (Å²) in [5.74, 6) is 0.760. The molecule has 1 aliphatic rings. The Hall–Kier alpha value is -1.43. The lowest BCUT2D eigenvalue weighted by Crippen LogP contribution is -2.25. The Balaban J connectivity index is 1.66. The maximum atomic E-state index is 11.7. The van der Waals surface area contributed by atoms with Crippen LogP contribution < -0.4 is 5.32 Å². The van der Waals surface area contributed by atoms with E-state index in [2.05, 4.69) is 10.3 Å². The van der Waals surface area contributed by atoms with Gasteiger partial charge in [-0.05, 0) is 37.3 Å². The van der Waals surface area contributed by atoms with Crippen LogP contribution in [0.4, 0.5) is 0 Å². The molecule has 1 atom stereocenters. The van der Waals surface area contributed by atoms with Crippen LogP contribution in [-0.2, 0) is 9.84 Å². The average molecular weight is 282 g/mol. The van der Waals surface area contributed by atoms with Gasteiger partial charge in [0.25, 0.3) is 5.91 Å². The number of pyridine rings is 1. The van der Waals surface area contributed by atoms with Crippen molar-refractivity contribution in [2.45, 2.75) is 19.3 Å². The lowest BCUT2D eigenvalue weighted by molar-refractivity contribution is 0.0952. The van der Waals surface area contributed by atoms with Crippen molar-refractivity contribution in [3.8, 4) is 0 Å². The highest BCUT2D eigenvalue weighted by atomic mass is 32.2. The van der Waals surface area contributed by atoms with Gasteiger partial charge < -0.3 is 5.32 Å². The molecule has 5 nitrogen and oxygen atoms in total. The number of aromatic nitrogens is 1. The fraction of sp³-hybridized carbons (Fsp3) is 0.538. The Morgan fingerprint density at radius 1 is 1.47 bits per heavy atom. The second kappa shape index (κ2) is 6.14. The van der Waals surface area contributed by atoms with Crippen LogP contribution in [0.15, 0.2) is 24.5 Å². The summed E-state index contributed by atoms with van der Waals surface area (Å²) in [6, 6.07) is 3.43. The van der Waals surface area contributed by atoms with Crippen LogP contribution in [0, 0.1) is 5.92 Å². The molecular weight excluding hydrogens is 264 g/mol. The highest BCUT2D eigenvalue weighted by Gasteiger charge is 2.27. The van der Waals surface area contributed by atoms with E-state index in [1.165, 1.54) is 6.20 Å². The number of nitrogens with one attached hydrogen (secondary N) is 1. The standard InChI is InChI=1S/C13H18N2O3S/c16-13(12-4-2-6-14-9-12)15-7-1-3-11-5-8-19(17,18)10-11/h2,4,6,9,11H,1,3,5,7-8,10H2,(H,15,16). The quantitative estimate of drug-likeness (QED) is 0.818. The van der Waals surface area contributed by atoms with E-state index in [4.69, 9.17) is 0 Å². The molecular formula is C13H18N2O3S. The summed E-state index contributed by atoms with van der Waals surface area (Å²) in [5.41, 5.74) is 0.547. The van der Waals surface area contributed by atoms with Crippen LogP contribution in [0.25, 0.3) is 0 Å². The summed E-state index contributed by atoms with van der Waals surface area (Å²) in [7, 11) is -2.79. The third-order valence-corrected chi connectivity index (χ3v) is 5.16. The van der Waals surface area contributed by atoms with Gasteiger partial charge in [-0.2, -0.15) is 0 Å². The maximum absolute atomic E-state index is 11.7. The van der Waals surface area contributed by atoms with E-state index in [0.717, 1.165) is 19.3 Å².